The summed E-state index contributed by atoms with van der Waals surface area (Å²) in [5, 5.41) is 6.36. The van der Waals surface area contributed by atoms with Gasteiger partial charge in [0.05, 0.1) is 6.61 Å². The second-order valence-corrected chi connectivity index (χ2v) is 6.68. The van der Waals surface area contributed by atoms with Crippen molar-refractivity contribution in [2.75, 3.05) is 13.2 Å². The van der Waals surface area contributed by atoms with Crippen molar-refractivity contribution in [2.45, 2.75) is 25.8 Å². The van der Waals surface area contributed by atoms with Crippen LogP contribution in [0.5, 0.6) is 5.88 Å². The molecular weight excluding hydrogens is 338 g/mol. The highest BCUT2D eigenvalue weighted by Gasteiger charge is 2.21. The van der Waals surface area contributed by atoms with Crippen LogP contribution in [0.25, 0.3) is 0 Å². The van der Waals surface area contributed by atoms with E-state index in [4.69, 9.17) is 16.3 Å². The molecule has 25 heavy (non-hydrogen) atoms. The van der Waals surface area contributed by atoms with Gasteiger partial charge in [-0.05, 0) is 48.4 Å². The number of ether oxygens (including phenoxy) is 1. The Labute approximate surface area is 152 Å². The van der Waals surface area contributed by atoms with Gasteiger partial charge in [-0.3, -0.25) is 0 Å². The molecule has 0 spiro atoms. The zero-order valence-corrected chi connectivity index (χ0v) is 14.8. The number of carbonyl (C=O) groups is 1. The lowest BCUT2D eigenvalue weighted by Crippen LogP contribution is -2.36. The minimum absolute atomic E-state index is 0.198. The van der Waals surface area contributed by atoms with Gasteiger partial charge in [-0.1, -0.05) is 29.8 Å². The molecule has 132 valence electrons. The fraction of sp³-hybridized carbons (Fsp3) is 0.368. The Balaban J connectivity index is 1.33. The van der Waals surface area contributed by atoms with Gasteiger partial charge >= 0.3 is 6.03 Å². The van der Waals surface area contributed by atoms with Gasteiger partial charge in [-0.15, -0.1) is 0 Å². The molecule has 1 aromatic heterocycles. The highest BCUT2D eigenvalue weighted by atomic mass is 35.5. The SMILES string of the molecule is O=C(NCCc1cccc(Cl)c1)NCc1ccc(OCC2CC2)nc1. The molecule has 2 N–H and O–H groups in total. The summed E-state index contributed by atoms with van der Waals surface area (Å²) in [6.45, 7) is 1.73. The fourth-order valence-electron chi connectivity index (χ4n) is 2.35. The minimum atomic E-state index is -0.198. The van der Waals surface area contributed by atoms with Crippen molar-refractivity contribution < 1.29 is 9.53 Å². The normalized spacial score (nSPS) is 13.3. The second-order valence-electron chi connectivity index (χ2n) is 6.25. The summed E-state index contributed by atoms with van der Waals surface area (Å²) < 4.78 is 5.59. The number of benzene rings is 1. The van der Waals surface area contributed by atoms with Crippen molar-refractivity contribution in [2.24, 2.45) is 5.92 Å². The fourth-order valence-corrected chi connectivity index (χ4v) is 2.56. The van der Waals surface area contributed by atoms with Gasteiger partial charge in [0, 0.05) is 30.4 Å². The predicted octanol–water partition coefficient (Wildman–Crippen LogP) is 3.57. The van der Waals surface area contributed by atoms with E-state index in [1.165, 1.54) is 12.8 Å². The number of amides is 2. The Bertz CT molecular complexity index is 702. The highest BCUT2D eigenvalue weighted by molar-refractivity contribution is 6.30. The van der Waals surface area contributed by atoms with Gasteiger partial charge in [-0.25, -0.2) is 9.78 Å². The second kappa shape index (κ2) is 8.72. The third kappa shape index (κ3) is 6.27. The monoisotopic (exact) mass is 359 g/mol. The summed E-state index contributed by atoms with van der Waals surface area (Å²) in [6, 6.07) is 11.2. The smallest absolute Gasteiger partial charge is 0.315 e. The molecular formula is C19H22ClN3O2. The number of nitrogens with zero attached hydrogens (tertiary/aromatic N) is 1. The summed E-state index contributed by atoms with van der Waals surface area (Å²) >= 11 is 5.94. The molecule has 0 atom stereocenters. The standard InChI is InChI=1S/C19H22ClN3O2/c20-17-3-1-2-14(10-17)8-9-21-19(24)23-12-16-6-7-18(22-11-16)25-13-15-4-5-15/h1-3,6-7,10-11,15H,4-5,8-9,12-13H2,(H2,21,23,24). The van der Waals surface area contributed by atoms with E-state index in [0.29, 0.717) is 29.9 Å². The van der Waals surface area contributed by atoms with Crippen molar-refractivity contribution >= 4 is 17.6 Å². The van der Waals surface area contributed by atoms with Crippen molar-refractivity contribution in [3.05, 3.63) is 58.7 Å². The van der Waals surface area contributed by atoms with E-state index in [1.54, 1.807) is 6.20 Å². The Hall–Kier alpha value is -2.27. The summed E-state index contributed by atoms with van der Waals surface area (Å²) in [7, 11) is 0. The van der Waals surface area contributed by atoms with E-state index < -0.39 is 0 Å². The third-order valence-electron chi connectivity index (χ3n) is 4.00. The Morgan fingerprint density at radius 2 is 2.08 bits per heavy atom. The number of urea groups is 1. The van der Waals surface area contributed by atoms with Gasteiger partial charge in [0.15, 0.2) is 0 Å². The molecule has 1 fully saturated rings. The lowest BCUT2D eigenvalue weighted by atomic mass is 10.1. The summed E-state index contributed by atoms with van der Waals surface area (Å²) in [5.74, 6) is 1.35. The highest BCUT2D eigenvalue weighted by Crippen LogP contribution is 2.29. The number of halogens is 1. The molecule has 3 rings (SSSR count). The van der Waals surface area contributed by atoms with Crippen LogP contribution < -0.4 is 15.4 Å². The molecule has 0 aliphatic heterocycles. The first kappa shape index (κ1) is 17.5. The Morgan fingerprint density at radius 1 is 1.20 bits per heavy atom. The first-order valence-electron chi connectivity index (χ1n) is 8.53. The molecule has 5 nitrogen and oxygen atoms in total. The molecule has 0 bridgehead atoms. The van der Waals surface area contributed by atoms with Gasteiger partial charge in [0.25, 0.3) is 0 Å². The third-order valence-corrected chi connectivity index (χ3v) is 4.24. The van der Waals surface area contributed by atoms with E-state index in [1.807, 2.05) is 36.4 Å². The largest absolute Gasteiger partial charge is 0.477 e. The molecule has 2 amide bonds. The zero-order valence-electron chi connectivity index (χ0n) is 14.0. The van der Waals surface area contributed by atoms with Crippen LogP contribution in [0.15, 0.2) is 42.6 Å². The summed E-state index contributed by atoms with van der Waals surface area (Å²) in [5.41, 5.74) is 2.03. The van der Waals surface area contributed by atoms with Crippen LogP contribution in [0.4, 0.5) is 4.79 Å². The first-order chi connectivity index (χ1) is 12.2. The quantitative estimate of drug-likeness (QED) is 0.757. The van der Waals surface area contributed by atoms with Crippen molar-refractivity contribution in [1.29, 1.82) is 0 Å². The van der Waals surface area contributed by atoms with Crippen LogP contribution >= 0.6 is 11.6 Å². The maximum absolute atomic E-state index is 11.8. The molecule has 0 unspecified atom stereocenters. The molecule has 2 aromatic rings. The molecule has 6 heteroatoms. The van der Waals surface area contributed by atoms with Crippen molar-refractivity contribution in [1.82, 2.24) is 15.6 Å². The number of rotatable bonds is 8. The zero-order chi connectivity index (χ0) is 17.5. The van der Waals surface area contributed by atoms with Crippen LogP contribution in [0.1, 0.15) is 24.0 Å². The number of aromatic nitrogens is 1. The molecule has 0 saturated heterocycles. The summed E-state index contributed by atoms with van der Waals surface area (Å²) in [6.07, 6.45) is 4.99. The average Bonchev–Trinajstić information content (AvgIpc) is 3.44. The van der Waals surface area contributed by atoms with Gasteiger partial charge in [-0.2, -0.15) is 0 Å². The minimum Gasteiger partial charge on any atom is -0.477 e. The van der Waals surface area contributed by atoms with Crippen LogP contribution in [-0.2, 0) is 13.0 Å². The number of nitrogens with one attached hydrogen (secondary N) is 2. The molecule has 1 saturated carbocycles. The van der Waals surface area contributed by atoms with Crippen LogP contribution in [-0.4, -0.2) is 24.2 Å². The molecule has 1 heterocycles. The summed E-state index contributed by atoms with van der Waals surface area (Å²) in [4.78, 5) is 16.1. The van der Waals surface area contributed by atoms with Crippen LogP contribution in [0.3, 0.4) is 0 Å². The topological polar surface area (TPSA) is 63.2 Å². The lowest BCUT2D eigenvalue weighted by Gasteiger charge is -2.09. The van der Waals surface area contributed by atoms with E-state index >= 15 is 0 Å². The van der Waals surface area contributed by atoms with Gasteiger partial charge in [0.2, 0.25) is 5.88 Å². The first-order valence-corrected chi connectivity index (χ1v) is 8.91. The van der Waals surface area contributed by atoms with Gasteiger partial charge in [0.1, 0.15) is 0 Å². The Morgan fingerprint density at radius 3 is 2.80 bits per heavy atom. The number of hydrogen-bond acceptors (Lipinski definition) is 3. The molecule has 1 aliphatic carbocycles. The van der Waals surface area contributed by atoms with E-state index in [2.05, 4.69) is 15.6 Å². The maximum Gasteiger partial charge on any atom is 0.315 e. The Kier molecular flexibility index (Phi) is 6.12. The van der Waals surface area contributed by atoms with Crippen LogP contribution in [0, 0.1) is 5.92 Å². The number of pyridine rings is 1. The van der Waals surface area contributed by atoms with Crippen molar-refractivity contribution in [3.63, 3.8) is 0 Å². The molecule has 0 radical (unpaired) electrons. The van der Waals surface area contributed by atoms with Crippen LogP contribution in [0.2, 0.25) is 5.02 Å². The van der Waals surface area contributed by atoms with E-state index in [-0.39, 0.29) is 6.03 Å². The van der Waals surface area contributed by atoms with Gasteiger partial charge < -0.3 is 15.4 Å². The molecule has 1 aliphatic rings. The lowest BCUT2D eigenvalue weighted by molar-refractivity contribution is 0.240. The predicted molar refractivity (Wildman–Crippen MR) is 97.9 cm³/mol. The molecule has 1 aromatic carbocycles. The van der Waals surface area contributed by atoms with E-state index in [0.717, 1.165) is 24.2 Å². The maximum atomic E-state index is 11.8. The number of hydrogen-bond donors (Lipinski definition) is 2. The van der Waals surface area contributed by atoms with Crippen molar-refractivity contribution in [3.8, 4) is 5.88 Å². The van der Waals surface area contributed by atoms with E-state index in [9.17, 15) is 4.79 Å². The number of carbonyl (C=O) groups excluding carboxylic acids is 1. The average molecular weight is 360 g/mol.